The number of amides is 1. The molecule has 0 spiro atoms. The van der Waals surface area contributed by atoms with Crippen LogP contribution in [-0.4, -0.2) is 5.91 Å². The average molecular weight is 189 g/mol. The van der Waals surface area contributed by atoms with Crippen molar-refractivity contribution in [2.24, 2.45) is 11.7 Å². The molecule has 1 rings (SSSR count). The highest BCUT2D eigenvalue weighted by molar-refractivity contribution is 5.96. The maximum Gasteiger partial charge on any atom is 0.244 e. The Bertz CT molecular complexity index is 339. The van der Waals surface area contributed by atoms with Crippen molar-refractivity contribution in [3.05, 3.63) is 41.5 Å². The summed E-state index contributed by atoms with van der Waals surface area (Å²) in [5.74, 6) is -0.184. The Labute approximate surface area is 84.4 Å². The second kappa shape index (κ2) is 4.61. The normalized spacial score (nSPS) is 11.8. The fourth-order valence-electron chi connectivity index (χ4n) is 1.25. The van der Waals surface area contributed by atoms with Crippen LogP contribution < -0.4 is 5.73 Å². The van der Waals surface area contributed by atoms with Crippen LogP contribution in [0, 0.1) is 5.92 Å². The van der Waals surface area contributed by atoms with E-state index in [0.29, 0.717) is 5.57 Å². The zero-order valence-corrected chi connectivity index (χ0v) is 8.53. The molecule has 1 aromatic rings. The quantitative estimate of drug-likeness (QED) is 0.728. The van der Waals surface area contributed by atoms with Crippen LogP contribution >= 0.6 is 0 Å². The van der Waals surface area contributed by atoms with Crippen molar-refractivity contribution in [2.75, 3.05) is 0 Å². The standard InChI is InChI=1S/C12H15NO/c1-9(2)11(12(13)14)8-10-6-4-3-5-7-10/h3-9H,1-2H3,(H2,13,14)/b11-8+. The number of nitrogens with two attached hydrogens (primary N) is 1. The van der Waals surface area contributed by atoms with E-state index in [-0.39, 0.29) is 11.8 Å². The lowest BCUT2D eigenvalue weighted by molar-refractivity contribution is -0.114. The largest absolute Gasteiger partial charge is 0.366 e. The highest BCUT2D eigenvalue weighted by atomic mass is 16.1. The Morgan fingerprint density at radius 3 is 2.29 bits per heavy atom. The summed E-state index contributed by atoms with van der Waals surface area (Å²) in [6.07, 6.45) is 1.84. The van der Waals surface area contributed by atoms with Crippen molar-refractivity contribution in [1.29, 1.82) is 0 Å². The van der Waals surface area contributed by atoms with E-state index in [0.717, 1.165) is 5.56 Å². The minimum absolute atomic E-state index is 0.160. The maximum absolute atomic E-state index is 11.1. The predicted octanol–water partition coefficient (Wildman–Crippen LogP) is 2.21. The highest BCUT2D eigenvalue weighted by Crippen LogP contribution is 2.13. The molecule has 0 aliphatic rings. The van der Waals surface area contributed by atoms with E-state index in [4.69, 9.17) is 5.73 Å². The third-order valence-electron chi connectivity index (χ3n) is 2.03. The fourth-order valence-corrected chi connectivity index (χ4v) is 1.25. The molecule has 14 heavy (non-hydrogen) atoms. The lowest BCUT2D eigenvalue weighted by Crippen LogP contribution is -2.17. The SMILES string of the molecule is CC(C)/C(=C\c1ccccc1)C(N)=O. The van der Waals surface area contributed by atoms with Crippen molar-refractivity contribution in [3.63, 3.8) is 0 Å². The minimum atomic E-state index is -0.344. The number of benzene rings is 1. The number of primary amides is 1. The van der Waals surface area contributed by atoms with Gasteiger partial charge in [0.1, 0.15) is 0 Å². The summed E-state index contributed by atoms with van der Waals surface area (Å²) in [6.45, 7) is 3.92. The van der Waals surface area contributed by atoms with Gasteiger partial charge in [0, 0.05) is 5.57 Å². The van der Waals surface area contributed by atoms with Gasteiger partial charge in [0.2, 0.25) is 5.91 Å². The molecule has 0 unspecified atom stereocenters. The first kappa shape index (κ1) is 10.5. The van der Waals surface area contributed by atoms with E-state index >= 15 is 0 Å². The van der Waals surface area contributed by atoms with Crippen LogP contribution in [0.25, 0.3) is 6.08 Å². The summed E-state index contributed by atoms with van der Waals surface area (Å²) < 4.78 is 0. The molecule has 1 aromatic carbocycles. The molecule has 0 saturated heterocycles. The van der Waals surface area contributed by atoms with Crippen molar-refractivity contribution >= 4 is 12.0 Å². The third-order valence-corrected chi connectivity index (χ3v) is 2.03. The lowest BCUT2D eigenvalue weighted by Gasteiger charge is -2.06. The molecule has 2 heteroatoms. The summed E-state index contributed by atoms with van der Waals surface area (Å²) in [5.41, 5.74) is 6.95. The van der Waals surface area contributed by atoms with Crippen LogP contribution in [0.5, 0.6) is 0 Å². The number of rotatable bonds is 3. The predicted molar refractivity (Wildman–Crippen MR) is 58.5 cm³/mol. The smallest absolute Gasteiger partial charge is 0.244 e. The Balaban J connectivity index is 3.00. The molecule has 0 aliphatic carbocycles. The molecule has 1 amide bonds. The molecule has 0 heterocycles. The molecule has 0 aromatic heterocycles. The molecule has 0 aliphatic heterocycles. The van der Waals surface area contributed by atoms with Crippen LogP contribution in [0.2, 0.25) is 0 Å². The molecular formula is C12H15NO. The van der Waals surface area contributed by atoms with Gasteiger partial charge in [-0.05, 0) is 17.6 Å². The third kappa shape index (κ3) is 2.73. The first-order valence-corrected chi connectivity index (χ1v) is 4.67. The van der Waals surface area contributed by atoms with Gasteiger partial charge in [-0.15, -0.1) is 0 Å². The van der Waals surface area contributed by atoms with Gasteiger partial charge in [-0.25, -0.2) is 0 Å². The number of carbonyl (C=O) groups is 1. The van der Waals surface area contributed by atoms with Gasteiger partial charge < -0.3 is 5.73 Å². The van der Waals surface area contributed by atoms with Crippen molar-refractivity contribution in [2.45, 2.75) is 13.8 Å². The highest BCUT2D eigenvalue weighted by Gasteiger charge is 2.08. The van der Waals surface area contributed by atoms with E-state index in [9.17, 15) is 4.79 Å². The minimum Gasteiger partial charge on any atom is -0.366 e. The van der Waals surface area contributed by atoms with Crippen molar-refractivity contribution in [3.8, 4) is 0 Å². The fraction of sp³-hybridized carbons (Fsp3) is 0.250. The van der Waals surface area contributed by atoms with Crippen LogP contribution in [0.15, 0.2) is 35.9 Å². The maximum atomic E-state index is 11.1. The van der Waals surface area contributed by atoms with Gasteiger partial charge >= 0.3 is 0 Å². The van der Waals surface area contributed by atoms with Gasteiger partial charge in [-0.1, -0.05) is 44.2 Å². The zero-order valence-electron chi connectivity index (χ0n) is 8.53. The van der Waals surface area contributed by atoms with Crippen LogP contribution in [0.4, 0.5) is 0 Å². The molecule has 2 N–H and O–H groups in total. The van der Waals surface area contributed by atoms with E-state index in [2.05, 4.69) is 0 Å². The lowest BCUT2D eigenvalue weighted by atomic mass is 10.00. The Kier molecular flexibility index (Phi) is 3.46. The summed E-state index contributed by atoms with van der Waals surface area (Å²) >= 11 is 0. The van der Waals surface area contributed by atoms with E-state index in [1.807, 2.05) is 50.3 Å². The van der Waals surface area contributed by atoms with Crippen LogP contribution in [-0.2, 0) is 4.79 Å². The summed E-state index contributed by atoms with van der Waals surface area (Å²) in [4.78, 5) is 11.1. The number of carbonyl (C=O) groups excluding carboxylic acids is 1. The van der Waals surface area contributed by atoms with Crippen molar-refractivity contribution < 1.29 is 4.79 Å². The second-order valence-electron chi connectivity index (χ2n) is 3.53. The number of hydrogen-bond acceptors (Lipinski definition) is 1. The van der Waals surface area contributed by atoms with Gasteiger partial charge in [-0.3, -0.25) is 4.79 Å². The molecule has 0 fully saturated rings. The van der Waals surface area contributed by atoms with E-state index in [1.165, 1.54) is 0 Å². The van der Waals surface area contributed by atoms with E-state index < -0.39 is 0 Å². The summed E-state index contributed by atoms with van der Waals surface area (Å²) in [7, 11) is 0. The van der Waals surface area contributed by atoms with Gasteiger partial charge in [0.25, 0.3) is 0 Å². The first-order valence-electron chi connectivity index (χ1n) is 4.67. The Hall–Kier alpha value is -1.57. The molecule has 2 nitrogen and oxygen atoms in total. The molecule has 0 saturated carbocycles. The monoisotopic (exact) mass is 189 g/mol. The Morgan fingerprint density at radius 2 is 1.86 bits per heavy atom. The number of hydrogen-bond donors (Lipinski definition) is 1. The van der Waals surface area contributed by atoms with Gasteiger partial charge in [0.05, 0.1) is 0 Å². The topological polar surface area (TPSA) is 43.1 Å². The average Bonchev–Trinajstić information content (AvgIpc) is 2.15. The summed E-state index contributed by atoms with van der Waals surface area (Å²) in [6, 6.07) is 9.71. The summed E-state index contributed by atoms with van der Waals surface area (Å²) in [5, 5.41) is 0. The molecular weight excluding hydrogens is 174 g/mol. The zero-order chi connectivity index (χ0) is 10.6. The van der Waals surface area contributed by atoms with Crippen LogP contribution in [0.1, 0.15) is 19.4 Å². The second-order valence-corrected chi connectivity index (χ2v) is 3.53. The van der Waals surface area contributed by atoms with Gasteiger partial charge in [0.15, 0.2) is 0 Å². The molecule has 0 atom stereocenters. The van der Waals surface area contributed by atoms with E-state index in [1.54, 1.807) is 0 Å². The Morgan fingerprint density at radius 1 is 1.29 bits per heavy atom. The molecule has 74 valence electrons. The molecule has 0 radical (unpaired) electrons. The molecule has 0 bridgehead atoms. The first-order chi connectivity index (χ1) is 6.61. The van der Waals surface area contributed by atoms with Crippen molar-refractivity contribution in [1.82, 2.24) is 0 Å². The van der Waals surface area contributed by atoms with Crippen LogP contribution in [0.3, 0.4) is 0 Å². The van der Waals surface area contributed by atoms with Gasteiger partial charge in [-0.2, -0.15) is 0 Å².